The van der Waals surface area contributed by atoms with Gasteiger partial charge in [0.25, 0.3) is 0 Å². The minimum Gasteiger partial charge on any atom is -0.314 e. The van der Waals surface area contributed by atoms with Gasteiger partial charge in [-0.15, -0.1) is 0 Å². The van der Waals surface area contributed by atoms with Crippen LogP contribution < -0.4 is 10.0 Å². The number of hydrogen-bond donors (Lipinski definition) is 2. The smallest absolute Gasteiger partial charge is 0.211 e. The summed E-state index contributed by atoms with van der Waals surface area (Å²) in [6.07, 6.45) is 3.17. The molecule has 1 aliphatic carbocycles. The lowest BCUT2D eigenvalue weighted by Gasteiger charge is -2.15. The van der Waals surface area contributed by atoms with Gasteiger partial charge < -0.3 is 10.2 Å². The SMILES string of the molecule is CC(C)NCCCS(=O)(=O)NCCN(C)C1CC1. The predicted octanol–water partition coefficient (Wildman–Crippen LogP) is 0.388. The van der Waals surface area contributed by atoms with Crippen molar-refractivity contribution in [2.45, 2.75) is 45.2 Å². The van der Waals surface area contributed by atoms with Crippen LogP contribution in [0.4, 0.5) is 0 Å². The number of likely N-dealkylation sites (N-methyl/N-ethyl adjacent to an activating group) is 1. The summed E-state index contributed by atoms with van der Waals surface area (Å²) in [6, 6.07) is 1.10. The topological polar surface area (TPSA) is 61.4 Å². The molecule has 0 aromatic heterocycles. The van der Waals surface area contributed by atoms with Gasteiger partial charge in [-0.2, -0.15) is 0 Å². The molecule has 6 heteroatoms. The van der Waals surface area contributed by atoms with E-state index in [1.165, 1.54) is 12.8 Å². The molecule has 0 aromatic rings. The van der Waals surface area contributed by atoms with Crippen molar-refractivity contribution in [1.29, 1.82) is 0 Å². The fourth-order valence-electron chi connectivity index (χ4n) is 1.80. The Balaban J connectivity index is 2.07. The van der Waals surface area contributed by atoms with E-state index in [1.54, 1.807) is 0 Å². The lowest BCUT2D eigenvalue weighted by molar-refractivity contribution is 0.329. The summed E-state index contributed by atoms with van der Waals surface area (Å²) in [5, 5.41) is 3.22. The maximum Gasteiger partial charge on any atom is 0.211 e. The highest BCUT2D eigenvalue weighted by atomic mass is 32.2. The third-order valence-electron chi connectivity index (χ3n) is 3.10. The number of nitrogens with zero attached hydrogens (tertiary/aromatic N) is 1. The normalized spacial score (nSPS) is 16.7. The van der Waals surface area contributed by atoms with Crippen molar-refractivity contribution in [2.75, 3.05) is 32.4 Å². The molecule has 1 saturated carbocycles. The van der Waals surface area contributed by atoms with Crippen molar-refractivity contribution in [2.24, 2.45) is 0 Å². The maximum atomic E-state index is 11.7. The number of rotatable bonds is 10. The van der Waals surface area contributed by atoms with Crippen molar-refractivity contribution in [3.05, 3.63) is 0 Å². The zero-order chi connectivity index (χ0) is 13.6. The molecule has 0 aromatic carbocycles. The molecule has 0 aliphatic heterocycles. The Bertz CT molecular complexity index is 326. The minimum absolute atomic E-state index is 0.208. The summed E-state index contributed by atoms with van der Waals surface area (Å²) in [7, 11) is -1.04. The van der Waals surface area contributed by atoms with E-state index in [1.807, 2.05) is 0 Å². The molecule has 108 valence electrons. The lowest BCUT2D eigenvalue weighted by Crippen LogP contribution is -2.35. The van der Waals surface area contributed by atoms with Crippen LogP contribution in [0.3, 0.4) is 0 Å². The fraction of sp³-hybridized carbons (Fsp3) is 1.00. The van der Waals surface area contributed by atoms with Crippen LogP contribution in [0.2, 0.25) is 0 Å². The van der Waals surface area contributed by atoms with Gasteiger partial charge in [0.15, 0.2) is 0 Å². The molecule has 0 radical (unpaired) electrons. The summed E-state index contributed by atoms with van der Waals surface area (Å²) in [6.45, 7) is 6.18. The van der Waals surface area contributed by atoms with Crippen LogP contribution in [0.15, 0.2) is 0 Å². The Morgan fingerprint density at radius 3 is 2.50 bits per heavy atom. The summed E-state index contributed by atoms with van der Waals surface area (Å²) < 4.78 is 26.0. The van der Waals surface area contributed by atoms with Crippen LogP contribution in [0.5, 0.6) is 0 Å². The molecule has 1 fully saturated rings. The first kappa shape index (κ1) is 15.9. The quantitative estimate of drug-likeness (QED) is 0.567. The van der Waals surface area contributed by atoms with Crippen molar-refractivity contribution in [3.8, 4) is 0 Å². The molecule has 0 heterocycles. The van der Waals surface area contributed by atoms with E-state index in [-0.39, 0.29) is 5.75 Å². The molecule has 5 nitrogen and oxygen atoms in total. The van der Waals surface area contributed by atoms with Crippen LogP contribution in [0, 0.1) is 0 Å². The standard InChI is InChI=1S/C12H27N3O2S/c1-11(2)13-7-4-10-18(16,17)14-8-9-15(3)12-5-6-12/h11-14H,4-10H2,1-3H3. The highest BCUT2D eigenvalue weighted by Gasteiger charge is 2.25. The van der Waals surface area contributed by atoms with E-state index in [0.29, 0.717) is 25.0 Å². The Hall–Kier alpha value is -0.170. The van der Waals surface area contributed by atoms with Gasteiger partial charge in [-0.25, -0.2) is 13.1 Å². The minimum atomic E-state index is -3.10. The van der Waals surface area contributed by atoms with Gasteiger partial charge in [0.05, 0.1) is 5.75 Å². The Morgan fingerprint density at radius 2 is 1.94 bits per heavy atom. The van der Waals surface area contributed by atoms with E-state index in [0.717, 1.165) is 13.1 Å². The van der Waals surface area contributed by atoms with Crippen molar-refractivity contribution >= 4 is 10.0 Å². The Morgan fingerprint density at radius 1 is 1.28 bits per heavy atom. The van der Waals surface area contributed by atoms with Gasteiger partial charge in [-0.1, -0.05) is 13.8 Å². The van der Waals surface area contributed by atoms with Crippen molar-refractivity contribution in [1.82, 2.24) is 14.9 Å². The van der Waals surface area contributed by atoms with E-state index in [4.69, 9.17) is 0 Å². The summed E-state index contributed by atoms with van der Waals surface area (Å²) in [5.41, 5.74) is 0. The molecule has 0 bridgehead atoms. The third-order valence-corrected chi connectivity index (χ3v) is 4.57. The van der Waals surface area contributed by atoms with Crippen LogP contribution in [0.25, 0.3) is 0 Å². The third kappa shape index (κ3) is 7.31. The zero-order valence-electron chi connectivity index (χ0n) is 11.8. The maximum absolute atomic E-state index is 11.7. The van der Waals surface area contributed by atoms with E-state index < -0.39 is 10.0 Å². The van der Waals surface area contributed by atoms with Gasteiger partial charge in [0.1, 0.15) is 0 Å². The number of sulfonamides is 1. The van der Waals surface area contributed by atoms with Crippen LogP contribution >= 0.6 is 0 Å². The summed E-state index contributed by atoms with van der Waals surface area (Å²) in [4.78, 5) is 2.23. The molecular weight excluding hydrogens is 250 g/mol. The molecule has 0 amide bonds. The van der Waals surface area contributed by atoms with E-state index >= 15 is 0 Å². The van der Waals surface area contributed by atoms with Crippen LogP contribution in [0.1, 0.15) is 33.1 Å². The molecular formula is C12H27N3O2S. The first-order valence-corrected chi connectivity index (χ1v) is 8.47. The highest BCUT2D eigenvalue weighted by molar-refractivity contribution is 7.89. The second-order valence-electron chi connectivity index (χ2n) is 5.39. The highest BCUT2D eigenvalue weighted by Crippen LogP contribution is 2.24. The number of nitrogens with one attached hydrogen (secondary N) is 2. The molecule has 0 atom stereocenters. The van der Waals surface area contributed by atoms with Gasteiger partial charge in [0.2, 0.25) is 10.0 Å². The molecule has 0 saturated heterocycles. The average Bonchev–Trinajstić information content (AvgIpc) is 3.07. The van der Waals surface area contributed by atoms with Crippen molar-refractivity contribution < 1.29 is 8.42 Å². The lowest BCUT2D eigenvalue weighted by atomic mass is 10.4. The first-order chi connectivity index (χ1) is 8.41. The largest absolute Gasteiger partial charge is 0.314 e. The molecule has 1 aliphatic rings. The number of hydrogen-bond acceptors (Lipinski definition) is 4. The second-order valence-corrected chi connectivity index (χ2v) is 7.31. The molecule has 0 unspecified atom stereocenters. The van der Waals surface area contributed by atoms with Crippen molar-refractivity contribution in [3.63, 3.8) is 0 Å². The second kappa shape index (κ2) is 7.43. The van der Waals surface area contributed by atoms with Gasteiger partial charge >= 0.3 is 0 Å². The predicted molar refractivity (Wildman–Crippen MR) is 75.2 cm³/mol. The van der Waals surface area contributed by atoms with E-state index in [9.17, 15) is 8.42 Å². The average molecular weight is 277 g/mol. The van der Waals surface area contributed by atoms with Gasteiger partial charge in [-0.05, 0) is 32.9 Å². The molecule has 2 N–H and O–H groups in total. The fourth-order valence-corrected chi connectivity index (χ4v) is 2.87. The van der Waals surface area contributed by atoms with Crippen LogP contribution in [-0.2, 0) is 10.0 Å². The molecule has 1 rings (SSSR count). The summed E-state index contributed by atoms with van der Waals surface area (Å²) >= 11 is 0. The Labute approximate surface area is 111 Å². The molecule has 18 heavy (non-hydrogen) atoms. The zero-order valence-corrected chi connectivity index (χ0v) is 12.6. The monoisotopic (exact) mass is 277 g/mol. The Kier molecular flexibility index (Phi) is 6.55. The van der Waals surface area contributed by atoms with Gasteiger partial charge in [-0.3, -0.25) is 0 Å². The van der Waals surface area contributed by atoms with Gasteiger partial charge in [0, 0.05) is 25.2 Å². The van der Waals surface area contributed by atoms with E-state index in [2.05, 4.69) is 35.8 Å². The molecule has 0 spiro atoms. The van der Waals surface area contributed by atoms with Crippen LogP contribution in [-0.4, -0.2) is 57.8 Å². The summed E-state index contributed by atoms with van der Waals surface area (Å²) in [5.74, 6) is 0.208. The first-order valence-electron chi connectivity index (χ1n) is 6.81.